The van der Waals surface area contributed by atoms with Crippen LogP contribution in [0.5, 0.6) is 0 Å². The Balaban J connectivity index is 1.21. The number of ether oxygens (including phenoxy) is 8. The Morgan fingerprint density at radius 2 is 1.00 bits per heavy atom. The number of carbonyl (C=O) groups excluding carboxylic acids is 7. The molecule has 0 bridgehead atoms. The number of nitrogens with zero attached hydrogens (tertiary/aromatic N) is 3. The Morgan fingerprint density at radius 3 is 1.49 bits per heavy atom. The van der Waals surface area contributed by atoms with Gasteiger partial charge in [0, 0.05) is 49.9 Å². The summed E-state index contributed by atoms with van der Waals surface area (Å²) in [5.41, 5.74) is 10.9. The minimum atomic E-state index is -1.13. The summed E-state index contributed by atoms with van der Waals surface area (Å²) in [6, 6.07) is 13.7. The molecule has 0 heterocycles. The lowest BCUT2D eigenvalue weighted by Gasteiger charge is -2.24. The molecule has 0 aliphatic heterocycles. The number of rotatable bonds is 34. The van der Waals surface area contributed by atoms with Gasteiger partial charge in [0.05, 0.1) is 52.9 Å². The quantitative estimate of drug-likeness (QED) is 0.0168. The third kappa shape index (κ3) is 25.2. The van der Waals surface area contributed by atoms with Gasteiger partial charge in [-0.15, -0.1) is 0 Å². The van der Waals surface area contributed by atoms with Gasteiger partial charge in [0.15, 0.2) is 0 Å². The van der Waals surface area contributed by atoms with Crippen molar-refractivity contribution < 1.29 is 71.5 Å². The normalized spacial score (nSPS) is 12.8. The SMILES string of the molecule is CC(C)(C)OC(=O)[C@H](CCC(=O)NCCOCCN=[N+]=[N-])NC(=O)COCCOCCNC(=O)COCCOCCNC(=O)CC[C@H](NC(=O)OCC1c2ccccc2-c2ccccc21)C(=O)OC(C)(C)C. The number of fused-ring (bicyclic) bond motifs is 3. The van der Waals surface area contributed by atoms with E-state index in [1.54, 1.807) is 41.5 Å². The largest absolute Gasteiger partial charge is 0.458 e. The highest BCUT2D eigenvalue weighted by atomic mass is 16.6. The van der Waals surface area contributed by atoms with E-state index in [2.05, 4.69) is 36.6 Å². The first-order valence-electron chi connectivity index (χ1n) is 23.9. The second kappa shape index (κ2) is 32.6. The van der Waals surface area contributed by atoms with Crippen molar-refractivity contribution in [3.8, 4) is 11.1 Å². The minimum absolute atomic E-state index is 0.0145. The summed E-state index contributed by atoms with van der Waals surface area (Å²) >= 11 is 0. The van der Waals surface area contributed by atoms with Crippen LogP contribution in [-0.4, -0.2) is 164 Å². The summed E-state index contributed by atoms with van der Waals surface area (Å²) < 4.78 is 43.4. The lowest BCUT2D eigenvalue weighted by atomic mass is 9.98. The number of esters is 2. The second-order valence-electron chi connectivity index (χ2n) is 18.2. The fourth-order valence-electron chi connectivity index (χ4n) is 6.85. The Labute approximate surface area is 420 Å². The van der Waals surface area contributed by atoms with E-state index in [1.165, 1.54) is 0 Å². The van der Waals surface area contributed by atoms with E-state index in [-0.39, 0.29) is 148 Å². The summed E-state index contributed by atoms with van der Waals surface area (Å²) in [7, 11) is 0. The molecule has 398 valence electrons. The Kier molecular flexibility index (Phi) is 27.1. The van der Waals surface area contributed by atoms with Crippen LogP contribution in [0.1, 0.15) is 84.3 Å². The molecule has 72 heavy (non-hydrogen) atoms. The Hall–Kier alpha value is -6.36. The number of nitrogens with one attached hydrogen (secondary N) is 5. The maximum atomic E-state index is 13.0. The van der Waals surface area contributed by atoms with E-state index in [0.717, 1.165) is 22.3 Å². The van der Waals surface area contributed by atoms with Crippen LogP contribution in [0.2, 0.25) is 0 Å². The first kappa shape index (κ1) is 59.9. The maximum Gasteiger partial charge on any atom is 0.407 e. The van der Waals surface area contributed by atoms with Crippen LogP contribution in [0, 0.1) is 0 Å². The molecule has 2 aromatic carbocycles. The highest BCUT2D eigenvalue weighted by Gasteiger charge is 2.32. The fraction of sp³-hybridized carbons (Fsp3) is 0.612. The molecule has 0 aromatic heterocycles. The summed E-state index contributed by atoms with van der Waals surface area (Å²) in [4.78, 5) is 91.1. The van der Waals surface area contributed by atoms with Gasteiger partial charge in [-0.3, -0.25) is 19.2 Å². The number of amides is 5. The molecule has 1 aliphatic carbocycles. The average molecular weight is 1010 g/mol. The van der Waals surface area contributed by atoms with Crippen molar-refractivity contribution in [1.29, 1.82) is 0 Å². The van der Waals surface area contributed by atoms with E-state index in [0.29, 0.717) is 0 Å². The maximum absolute atomic E-state index is 13.0. The van der Waals surface area contributed by atoms with Crippen molar-refractivity contribution >= 4 is 41.7 Å². The van der Waals surface area contributed by atoms with Gasteiger partial charge in [-0.2, -0.15) is 0 Å². The fourth-order valence-corrected chi connectivity index (χ4v) is 6.85. The van der Waals surface area contributed by atoms with Crippen LogP contribution in [0.4, 0.5) is 4.79 Å². The van der Waals surface area contributed by atoms with Crippen LogP contribution in [0.15, 0.2) is 53.6 Å². The molecule has 23 heteroatoms. The molecular formula is C49H72N8O15. The highest BCUT2D eigenvalue weighted by Crippen LogP contribution is 2.44. The van der Waals surface area contributed by atoms with Crippen LogP contribution in [0.3, 0.4) is 0 Å². The van der Waals surface area contributed by atoms with Gasteiger partial charge in [0.1, 0.15) is 43.1 Å². The van der Waals surface area contributed by atoms with Crippen LogP contribution in [-0.2, 0) is 66.7 Å². The predicted molar refractivity (Wildman–Crippen MR) is 261 cm³/mol. The summed E-state index contributed by atoms with van der Waals surface area (Å²) in [5.74, 6) is -3.24. The van der Waals surface area contributed by atoms with Crippen molar-refractivity contribution in [2.24, 2.45) is 5.11 Å². The van der Waals surface area contributed by atoms with Gasteiger partial charge in [-0.05, 0) is 82.2 Å². The summed E-state index contributed by atoms with van der Waals surface area (Å²) in [6.45, 7) is 11.6. The molecule has 3 rings (SSSR count). The molecule has 0 radical (unpaired) electrons. The van der Waals surface area contributed by atoms with E-state index >= 15 is 0 Å². The van der Waals surface area contributed by atoms with Crippen LogP contribution in [0.25, 0.3) is 21.6 Å². The second-order valence-corrected chi connectivity index (χ2v) is 18.2. The monoisotopic (exact) mass is 1010 g/mol. The molecule has 5 amide bonds. The zero-order valence-corrected chi connectivity index (χ0v) is 42.3. The Bertz CT molecular complexity index is 2060. The molecule has 0 spiro atoms. The highest BCUT2D eigenvalue weighted by molar-refractivity contribution is 5.86. The predicted octanol–water partition coefficient (Wildman–Crippen LogP) is 3.36. The van der Waals surface area contributed by atoms with Gasteiger partial charge in [-0.1, -0.05) is 53.6 Å². The van der Waals surface area contributed by atoms with E-state index in [1.807, 2.05) is 48.5 Å². The average Bonchev–Trinajstić information content (AvgIpc) is 3.64. The summed E-state index contributed by atoms with van der Waals surface area (Å²) in [5, 5.41) is 16.5. The standard InChI is InChI=1S/C49H72N8O15/c1-48(2,3)71-45(62)39(15-17-41(58)51-19-23-65-26-22-54-57-50)55-44(61)33-69-30-28-67-25-21-53-43(60)32-68-29-27-66-24-20-52-42(59)18-16-40(46(63)72-49(4,5)6)56-47(64)70-31-38-36-13-9-7-11-34(36)35-12-8-10-14-37(35)38/h7-14,38-40H,15-33H2,1-6H3,(H,51,58)(H,52,59)(H,53,60)(H,55,61)(H,56,64)/t39-,40-/m0/s1. The number of azide groups is 1. The van der Waals surface area contributed by atoms with Crippen molar-refractivity contribution in [3.05, 3.63) is 70.1 Å². The zero-order chi connectivity index (χ0) is 52.8. The number of carbonyl (C=O) groups is 7. The van der Waals surface area contributed by atoms with Crippen molar-refractivity contribution in [2.75, 3.05) is 98.9 Å². The van der Waals surface area contributed by atoms with E-state index < -0.39 is 47.2 Å². The topological polar surface area (TPSA) is 302 Å². The molecule has 1 aliphatic rings. The number of hydrogen-bond donors (Lipinski definition) is 5. The zero-order valence-electron chi connectivity index (χ0n) is 42.3. The minimum Gasteiger partial charge on any atom is -0.458 e. The van der Waals surface area contributed by atoms with Crippen LogP contribution < -0.4 is 26.6 Å². The Morgan fingerprint density at radius 1 is 0.569 bits per heavy atom. The molecule has 0 saturated carbocycles. The van der Waals surface area contributed by atoms with Crippen molar-refractivity contribution in [3.63, 3.8) is 0 Å². The van der Waals surface area contributed by atoms with E-state index in [9.17, 15) is 33.6 Å². The van der Waals surface area contributed by atoms with Crippen molar-refractivity contribution in [2.45, 2.75) is 96.4 Å². The third-order valence-electron chi connectivity index (χ3n) is 9.99. The first-order valence-corrected chi connectivity index (χ1v) is 23.9. The third-order valence-corrected chi connectivity index (χ3v) is 9.99. The molecule has 23 nitrogen and oxygen atoms in total. The van der Waals surface area contributed by atoms with Gasteiger partial charge < -0.3 is 64.5 Å². The lowest BCUT2D eigenvalue weighted by Crippen LogP contribution is -2.46. The molecule has 0 fully saturated rings. The smallest absolute Gasteiger partial charge is 0.407 e. The number of benzene rings is 2. The van der Waals surface area contributed by atoms with Crippen LogP contribution >= 0.6 is 0 Å². The number of hydrogen-bond acceptors (Lipinski definition) is 16. The molecular weight excluding hydrogens is 941 g/mol. The molecule has 2 atom stereocenters. The molecule has 2 aromatic rings. The first-order chi connectivity index (χ1) is 34.4. The molecule has 0 unspecified atom stereocenters. The molecule has 5 N–H and O–H groups in total. The van der Waals surface area contributed by atoms with Gasteiger partial charge in [0.2, 0.25) is 23.6 Å². The van der Waals surface area contributed by atoms with E-state index in [4.69, 9.17) is 43.4 Å². The van der Waals surface area contributed by atoms with Gasteiger partial charge in [0.25, 0.3) is 0 Å². The van der Waals surface area contributed by atoms with Crippen molar-refractivity contribution in [1.82, 2.24) is 26.6 Å². The summed E-state index contributed by atoms with van der Waals surface area (Å²) in [6.07, 6.45) is -1.00. The van der Waals surface area contributed by atoms with Gasteiger partial charge >= 0.3 is 18.0 Å². The number of alkyl carbamates (subject to hydrolysis) is 1. The molecule has 0 saturated heterocycles. The lowest BCUT2D eigenvalue weighted by molar-refractivity contribution is -0.159. The van der Waals surface area contributed by atoms with Gasteiger partial charge in [-0.25, -0.2) is 14.4 Å².